The minimum Gasteiger partial charge on any atom is -0.364 e. The highest BCUT2D eigenvalue weighted by atomic mass is 19.4. The van der Waals surface area contributed by atoms with E-state index in [1.54, 1.807) is 0 Å². The zero-order valence-corrected chi connectivity index (χ0v) is 9.05. The Morgan fingerprint density at radius 1 is 1.41 bits per heavy atom. The van der Waals surface area contributed by atoms with Gasteiger partial charge in [-0.1, -0.05) is 5.16 Å². The number of nitrogens with one attached hydrogen (secondary N) is 1. The van der Waals surface area contributed by atoms with Crippen LogP contribution in [0, 0.1) is 5.41 Å². The Morgan fingerprint density at radius 3 is 2.65 bits per heavy atom. The molecule has 7 heteroatoms. The number of nitrogens with zero attached hydrogens (tertiary/aromatic N) is 2. The fourth-order valence-corrected chi connectivity index (χ4v) is 2.56. The van der Waals surface area contributed by atoms with E-state index in [1.807, 2.05) is 4.90 Å². The molecule has 3 rings (SSSR count). The van der Waals surface area contributed by atoms with Gasteiger partial charge in [-0.15, -0.1) is 0 Å². The lowest BCUT2D eigenvalue weighted by molar-refractivity contribution is -0.143. The third-order valence-corrected chi connectivity index (χ3v) is 3.42. The molecule has 0 radical (unpaired) electrons. The zero-order chi connectivity index (χ0) is 12.1. The highest BCUT2D eigenvalue weighted by Crippen LogP contribution is 2.37. The quantitative estimate of drug-likeness (QED) is 0.849. The standard InChI is InChI=1S/C10H12F3N3O/c11-10(12,13)8-7(2-17-15-8)1-16-5-9(6-16)3-14-4-9/h2,14H,1,3-6H2. The normalized spacial score (nSPS) is 23.5. The molecule has 0 aliphatic carbocycles. The predicted octanol–water partition coefficient (Wildman–Crippen LogP) is 1.10. The van der Waals surface area contributed by atoms with Crippen molar-refractivity contribution < 1.29 is 17.7 Å². The number of hydrogen-bond acceptors (Lipinski definition) is 4. The van der Waals surface area contributed by atoms with Gasteiger partial charge in [0.15, 0.2) is 5.69 Å². The van der Waals surface area contributed by atoms with Crippen molar-refractivity contribution in [2.24, 2.45) is 5.41 Å². The molecule has 2 aliphatic heterocycles. The van der Waals surface area contributed by atoms with Crippen molar-refractivity contribution in [1.82, 2.24) is 15.4 Å². The van der Waals surface area contributed by atoms with Crippen LogP contribution in [0.15, 0.2) is 10.8 Å². The van der Waals surface area contributed by atoms with E-state index in [4.69, 9.17) is 0 Å². The van der Waals surface area contributed by atoms with Crippen molar-refractivity contribution in [3.63, 3.8) is 0 Å². The minimum absolute atomic E-state index is 0.125. The molecule has 0 unspecified atom stereocenters. The molecule has 1 aromatic heterocycles. The van der Waals surface area contributed by atoms with Crippen LogP contribution in [-0.4, -0.2) is 36.2 Å². The summed E-state index contributed by atoms with van der Waals surface area (Å²) >= 11 is 0. The van der Waals surface area contributed by atoms with Crippen molar-refractivity contribution in [2.45, 2.75) is 12.7 Å². The number of aromatic nitrogens is 1. The zero-order valence-electron chi connectivity index (χ0n) is 9.05. The first-order chi connectivity index (χ1) is 7.99. The van der Waals surface area contributed by atoms with Gasteiger partial charge in [-0.05, 0) is 0 Å². The second-order valence-corrected chi connectivity index (χ2v) is 4.93. The molecule has 1 N–H and O–H groups in total. The summed E-state index contributed by atoms with van der Waals surface area (Å²) in [5, 5.41) is 6.21. The molecule has 2 saturated heterocycles. The van der Waals surface area contributed by atoms with Crippen molar-refractivity contribution >= 4 is 0 Å². The molecule has 0 saturated carbocycles. The number of rotatable bonds is 2. The molecule has 1 aromatic rings. The monoisotopic (exact) mass is 247 g/mol. The number of halogens is 3. The lowest BCUT2D eigenvalue weighted by atomic mass is 9.74. The van der Waals surface area contributed by atoms with E-state index in [0.717, 1.165) is 32.4 Å². The van der Waals surface area contributed by atoms with Gasteiger partial charge in [0, 0.05) is 43.7 Å². The van der Waals surface area contributed by atoms with Crippen LogP contribution in [0.1, 0.15) is 11.3 Å². The second-order valence-electron chi connectivity index (χ2n) is 4.93. The van der Waals surface area contributed by atoms with Gasteiger partial charge in [-0.2, -0.15) is 13.2 Å². The summed E-state index contributed by atoms with van der Waals surface area (Å²) in [6.45, 7) is 3.91. The number of likely N-dealkylation sites (tertiary alicyclic amines) is 1. The van der Waals surface area contributed by atoms with Crippen LogP contribution in [0.25, 0.3) is 0 Å². The topological polar surface area (TPSA) is 41.3 Å². The lowest BCUT2D eigenvalue weighted by Gasteiger charge is -2.56. The predicted molar refractivity (Wildman–Crippen MR) is 52.1 cm³/mol. The van der Waals surface area contributed by atoms with E-state index >= 15 is 0 Å². The molecule has 1 spiro atoms. The van der Waals surface area contributed by atoms with Crippen LogP contribution in [0.3, 0.4) is 0 Å². The number of hydrogen-bond donors (Lipinski definition) is 1. The van der Waals surface area contributed by atoms with Gasteiger partial charge >= 0.3 is 6.18 Å². The summed E-state index contributed by atoms with van der Waals surface area (Å²) in [5.41, 5.74) is -0.458. The smallest absolute Gasteiger partial charge is 0.364 e. The van der Waals surface area contributed by atoms with E-state index in [2.05, 4.69) is 15.0 Å². The number of alkyl halides is 3. The van der Waals surface area contributed by atoms with E-state index in [-0.39, 0.29) is 12.1 Å². The van der Waals surface area contributed by atoms with Gasteiger partial charge in [0.1, 0.15) is 6.26 Å². The van der Waals surface area contributed by atoms with Crippen LogP contribution >= 0.6 is 0 Å². The summed E-state index contributed by atoms with van der Waals surface area (Å²) in [4.78, 5) is 1.99. The van der Waals surface area contributed by atoms with Gasteiger partial charge in [0.05, 0.1) is 0 Å². The Kier molecular flexibility index (Phi) is 2.24. The largest absolute Gasteiger partial charge is 0.437 e. The fourth-order valence-electron chi connectivity index (χ4n) is 2.56. The van der Waals surface area contributed by atoms with Crippen LogP contribution in [0.4, 0.5) is 13.2 Å². The highest BCUT2D eigenvalue weighted by molar-refractivity contribution is 5.19. The molecule has 2 fully saturated rings. The Hall–Kier alpha value is -1.08. The summed E-state index contributed by atoms with van der Waals surface area (Å²) in [5.74, 6) is 0. The van der Waals surface area contributed by atoms with Gasteiger partial charge < -0.3 is 9.84 Å². The maximum absolute atomic E-state index is 12.5. The van der Waals surface area contributed by atoms with Gasteiger partial charge in [0.25, 0.3) is 0 Å². The molecule has 0 atom stereocenters. The highest BCUT2D eigenvalue weighted by Gasteiger charge is 2.48. The summed E-state index contributed by atoms with van der Waals surface area (Å²) in [6, 6.07) is 0. The minimum atomic E-state index is -4.43. The lowest BCUT2D eigenvalue weighted by Crippen LogP contribution is -2.70. The van der Waals surface area contributed by atoms with Crippen molar-refractivity contribution in [1.29, 1.82) is 0 Å². The SMILES string of the molecule is FC(F)(F)c1nocc1CN1CC2(CNC2)C1. The Labute approximate surface area is 95.7 Å². The average Bonchev–Trinajstić information content (AvgIpc) is 2.53. The molecule has 2 aliphatic rings. The van der Waals surface area contributed by atoms with Crippen LogP contribution in [0.2, 0.25) is 0 Å². The Bertz CT molecular complexity index is 417. The maximum Gasteiger partial charge on any atom is 0.437 e. The third kappa shape index (κ3) is 1.83. The molecule has 17 heavy (non-hydrogen) atoms. The molecule has 0 aromatic carbocycles. The van der Waals surface area contributed by atoms with Gasteiger partial charge in [0.2, 0.25) is 0 Å². The van der Waals surface area contributed by atoms with E-state index in [1.165, 1.54) is 0 Å². The van der Waals surface area contributed by atoms with E-state index in [0.29, 0.717) is 5.41 Å². The Balaban J connectivity index is 1.64. The first kappa shape index (κ1) is 11.0. The van der Waals surface area contributed by atoms with E-state index < -0.39 is 11.9 Å². The summed E-state index contributed by atoms with van der Waals surface area (Å²) < 4.78 is 42.0. The third-order valence-electron chi connectivity index (χ3n) is 3.42. The van der Waals surface area contributed by atoms with Gasteiger partial charge in [-0.25, -0.2) is 0 Å². The fraction of sp³-hybridized carbons (Fsp3) is 0.700. The first-order valence-corrected chi connectivity index (χ1v) is 5.42. The maximum atomic E-state index is 12.5. The van der Waals surface area contributed by atoms with E-state index in [9.17, 15) is 13.2 Å². The molecular formula is C10H12F3N3O. The molecule has 4 nitrogen and oxygen atoms in total. The van der Waals surface area contributed by atoms with Gasteiger partial charge in [-0.3, -0.25) is 4.90 Å². The van der Waals surface area contributed by atoms with Crippen molar-refractivity contribution in [3.8, 4) is 0 Å². The molecule has 0 amide bonds. The molecular weight excluding hydrogens is 235 g/mol. The Morgan fingerprint density at radius 2 is 2.12 bits per heavy atom. The molecule has 3 heterocycles. The van der Waals surface area contributed by atoms with Crippen LogP contribution in [0.5, 0.6) is 0 Å². The average molecular weight is 247 g/mol. The summed E-state index contributed by atoms with van der Waals surface area (Å²) in [7, 11) is 0. The first-order valence-electron chi connectivity index (χ1n) is 5.42. The summed E-state index contributed by atoms with van der Waals surface area (Å²) in [6.07, 6.45) is -3.34. The van der Waals surface area contributed by atoms with Crippen molar-refractivity contribution in [2.75, 3.05) is 26.2 Å². The second kappa shape index (κ2) is 3.46. The molecule has 0 bridgehead atoms. The van der Waals surface area contributed by atoms with Crippen LogP contribution in [-0.2, 0) is 12.7 Å². The molecule has 94 valence electrons. The van der Waals surface area contributed by atoms with Crippen LogP contribution < -0.4 is 5.32 Å². The van der Waals surface area contributed by atoms with Crippen molar-refractivity contribution in [3.05, 3.63) is 17.5 Å².